The monoisotopic (exact) mass is 279 g/mol. The zero-order chi connectivity index (χ0) is 14.4. The first kappa shape index (κ1) is 15.1. The molecule has 0 saturated heterocycles. The number of ether oxygens (including phenoxy) is 3. The Hall–Kier alpha value is -1.26. The van der Waals surface area contributed by atoms with Gasteiger partial charge in [0.2, 0.25) is 0 Å². The van der Waals surface area contributed by atoms with Crippen molar-refractivity contribution in [3.63, 3.8) is 0 Å². The molecule has 1 aromatic rings. The molecule has 0 spiro atoms. The highest BCUT2D eigenvalue weighted by molar-refractivity contribution is 5.43. The number of rotatable bonds is 6. The van der Waals surface area contributed by atoms with Gasteiger partial charge in [-0.15, -0.1) is 0 Å². The van der Waals surface area contributed by atoms with Crippen molar-refractivity contribution < 1.29 is 14.2 Å². The van der Waals surface area contributed by atoms with Crippen LogP contribution in [0.1, 0.15) is 26.3 Å². The van der Waals surface area contributed by atoms with E-state index in [4.69, 9.17) is 14.2 Å². The van der Waals surface area contributed by atoms with Crippen LogP contribution in [-0.4, -0.2) is 38.5 Å². The van der Waals surface area contributed by atoms with Crippen LogP contribution >= 0.6 is 0 Å². The number of hydrogen-bond acceptors (Lipinski definition) is 4. The van der Waals surface area contributed by atoms with Crippen molar-refractivity contribution in [2.75, 3.05) is 32.9 Å². The second-order valence-electron chi connectivity index (χ2n) is 5.94. The molecule has 112 valence electrons. The first-order valence-corrected chi connectivity index (χ1v) is 7.28. The quantitative estimate of drug-likeness (QED) is 0.812. The van der Waals surface area contributed by atoms with Crippen LogP contribution in [0.2, 0.25) is 0 Å². The first-order valence-electron chi connectivity index (χ1n) is 7.28. The predicted molar refractivity (Wildman–Crippen MR) is 79.7 cm³/mol. The Bertz CT molecular complexity index is 426. The van der Waals surface area contributed by atoms with Crippen molar-refractivity contribution >= 4 is 0 Å². The maximum atomic E-state index is 5.66. The average molecular weight is 279 g/mol. The fourth-order valence-corrected chi connectivity index (χ4v) is 2.03. The van der Waals surface area contributed by atoms with Crippen LogP contribution in [0.25, 0.3) is 0 Å². The molecule has 1 aromatic carbocycles. The third-order valence-electron chi connectivity index (χ3n) is 3.01. The van der Waals surface area contributed by atoms with Crippen LogP contribution in [-0.2, 0) is 11.2 Å². The van der Waals surface area contributed by atoms with Crippen LogP contribution < -0.4 is 14.8 Å². The molecule has 4 heteroatoms. The van der Waals surface area contributed by atoms with E-state index in [-0.39, 0.29) is 5.60 Å². The minimum Gasteiger partial charge on any atom is -0.486 e. The van der Waals surface area contributed by atoms with Gasteiger partial charge < -0.3 is 19.5 Å². The first-order chi connectivity index (χ1) is 9.54. The molecule has 0 aliphatic carbocycles. The maximum Gasteiger partial charge on any atom is 0.161 e. The highest BCUT2D eigenvalue weighted by Gasteiger charge is 2.11. The van der Waals surface area contributed by atoms with E-state index >= 15 is 0 Å². The molecule has 20 heavy (non-hydrogen) atoms. The van der Waals surface area contributed by atoms with E-state index in [0.717, 1.165) is 37.6 Å². The molecule has 1 aliphatic heterocycles. The molecule has 1 aliphatic rings. The second-order valence-corrected chi connectivity index (χ2v) is 5.94. The Labute approximate surface area is 121 Å². The molecule has 0 atom stereocenters. The molecule has 0 bridgehead atoms. The minimum atomic E-state index is -0.0580. The fourth-order valence-electron chi connectivity index (χ4n) is 2.03. The summed E-state index contributed by atoms with van der Waals surface area (Å²) in [6.45, 7) is 10.0. The molecular formula is C16H25NO3. The van der Waals surface area contributed by atoms with E-state index in [1.807, 2.05) is 6.07 Å². The predicted octanol–water partition coefficient (Wildman–Crippen LogP) is 2.41. The van der Waals surface area contributed by atoms with Gasteiger partial charge >= 0.3 is 0 Å². The Morgan fingerprint density at radius 1 is 1.10 bits per heavy atom. The van der Waals surface area contributed by atoms with Crippen LogP contribution in [0.15, 0.2) is 18.2 Å². The molecule has 0 aromatic heterocycles. The van der Waals surface area contributed by atoms with E-state index in [0.29, 0.717) is 13.2 Å². The minimum absolute atomic E-state index is 0.0580. The smallest absolute Gasteiger partial charge is 0.161 e. The van der Waals surface area contributed by atoms with Gasteiger partial charge in [0.1, 0.15) is 13.2 Å². The zero-order valence-electron chi connectivity index (χ0n) is 12.7. The topological polar surface area (TPSA) is 39.7 Å². The third kappa shape index (κ3) is 5.02. The van der Waals surface area contributed by atoms with Crippen molar-refractivity contribution in [2.45, 2.75) is 32.8 Å². The Kier molecular flexibility index (Phi) is 5.26. The summed E-state index contributed by atoms with van der Waals surface area (Å²) in [5.41, 5.74) is 1.20. The van der Waals surface area contributed by atoms with Gasteiger partial charge in [-0.25, -0.2) is 0 Å². The normalized spacial score (nSPS) is 14.3. The summed E-state index contributed by atoms with van der Waals surface area (Å²) in [7, 11) is 0. The van der Waals surface area contributed by atoms with Gasteiger partial charge in [-0.05, 0) is 51.4 Å². The summed E-state index contributed by atoms with van der Waals surface area (Å²) in [4.78, 5) is 0. The van der Waals surface area contributed by atoms with Gasteiger partial charge in [-0.3, -0.25) is 0 Å². The van der Waals surface area contributed by atoms with Crippen molar-refractivity contribution in [2.24, 2.45) is 0 Å². The largest absolute Gasteiger partial charge is 0.486 e. The Morgan fingerprint density at radius 2 is 1.85 bits per heavy atom. The van der Waals surface area contributed by atoms with Crippen molar-refractivity contribution in [1.29, 1.82) is 0 Å². The lowest BCUT2D eigenvalue weighted by molar-refractivity contribution is -0.000711. The van der Waals surface area contributed by atoms with Gasteiger partial charge in [-0.1, -0.05) is 6.07 Å². The van der Waals surface area contributed by atoms with Gasteiger partial charge in [-0.2, -0.15) is 0 Å². The summed E-state index contributed by atoms with van der Waals surface area (Å²) < 4.78 is 16.7. The molecule has 0 amide bonds. The average Bonchev–Trinajstić information content (AvgIpc) is 2.41. The molecule has 0 radical (unpaired) electrons. The van der Waals surface area contributed by atoms with Gasteiger partial charge in [0.25, 0.3) is 0 Å². The van der Waals surface area contributed by atoms with Gasteiger partial charge in [0.15, 0.2) is 11.5 Å². The number of nitrogens with one attached hydrogen (secondary N) is 1. The standard InChI is InChI=1S/C16H25NO3/c1-16(2,3)20-9-8-17-7-6-13-4-5-14-15(12-13)19-11-10-18-14/h4-5,12,17H,6-11H2,1-3H3. The molecular weight excluding hydrogens is 254 g/mol. The van der Waals surface area contributed by atoms with Crippen LogP contribution in [0, 0.1) is 0 Å². The molecule has 1 heterocycles. The summed E-state index contributed by atoms with van der Waals surface area (Å²) in [5, 5.41) is 3.39. The summed E-state index contributed by atoms with van der Waals surface area (Å²) >= 11 is 0. The van der Waals surface area contributed by atoms with Crippen molar-refractivity contribution in [3.8, 4) is 11.5 Å². The van der Waals surface area contributed by atoms with E-state index in [9.17, 15) is 0 Å². The molecule has 0 unspecified atom stereocenters. The molecule has 0 fully saturated rings. The summed E-state index contributed by atoms with van der Waals surface area (Å²) in [6.07, 6.45) is 0.978. The molecule has 4 nitrogen and oxygen atoms in total. The van der Waals surface area contributed by atoms with Crippen molar-refractivity contribution in [1.82, 2.24) is 5.32 Å². The lowest BCUT2D eigenvalue weighted by atomic mass is 10.1. The zero-order valence-corrected chi connectivity index (χ0v) is 12.7. The van der Waals surface area contributed by atoms with Crippen LogP contribution in [0.4, 0.5) is 0 Å². The second kappa shape index (κ2) is 6.95. The number of hydrogen-bond donors (Lipinski definition) is 1. The Morgan fingerprint density at radius 3 is 2.60 bits per heavy atom. The van der Waals surface area contributed by atoms with E-state index < -0.39 is 0 Å². The van der Waals surface area contributed by atoms with E-state index in [1.165, 1.54) is 5.56 Å². The molecule has 2 rings (SSSR count). The molecule has 1 N–H and O–H groups in total. The molecule has 0 saturated carbocycles. The third-order valence-corrected chi connectivity index (χ3v) is 3.01. The lowest BCUT2D eigenvalue weighted by Crippen LogP contribution is -2.27. The van der Waals surface area contributed by atoms with Gasteiger partial charge in [0.05, 0.1) is 12.2 Å². The Balaban J connectivity index is 1.67. The lowest BCUT2D eigenvalue weighted by Gasteiger charge is -2.20. The fraction of sp³-hybridized carbons (Fsp3) is 0.625. The van der Waals surface area contributed by atoms with E-state index in [2.05, 4.69) is 38.2 Å². The highest BCUT2D eigenvalue weighted by atomic mass is 16.6. The SMILES string of the molecule is CC(C)(C)OCCNCCc1ccc2c(c1)OCCO2. The van der Waals surface area contributed by atoms with E-state index in [1.54, 1.807) is 0 Å². The summed E-state index contributed by atoms with van der Waals surface area (Å²) in [6, 6.07) is 6.16. The highest BCUT2D eigenvalue weighted by Crippen LogP contribution is 2.30. The number of fused-ring (bicyclic) bond motifs is 1. The van der Waals surface area contributed by atoms with Crippen LogP contribution in [0.3, 0.4) is 0 Å². The maximum absolute atomic E-state index is 5.66. The number of benzene rings is 1. The van der Waals surface area contributed by atoms with Crippen LogP contribution in [0.5, 0.6) is 11.5 Å². The van der Waals surface area contributed by atoms with Crippen molar-refractivity contribution in [3.05, 3.63) is 23.8 Å². The summed E-state index contributed by atoms with van der Waals surface area (Å²) in [5.74, 6) is 1.72. The van der Waals surface area contributed by atoms with Gasteiger partial charge in [0, 0.05) is 6.54 Å².